The first-order valence-electron chi connectivity index (χ1n) is 8.45. The van der Waals surface area contributed by atoms with Crippen LogP contribution in [0.3, 0.4) is 0 Å². The van der Waals surface area contributed by atoms with Gasteiger partial charge in [0, 0.05) is 24.5 Å². The van der Waals surface area contributed by atoms with E-state index in [-0.39, 0.29) is 0 Å². The molecule has 4 rings (SSSR count). The molecule has 7 nitrogen and oxygen atoms in total. The first-order chi connectivity index (χ1) is 12.4. The van der Waals surface area contributed by atoms with Gasteiger partial charge >= 0.3 is 0 Å². The Labute approximate surface area is 146 Å². The van der Waals surface area contributed by atoms with Gasteiger partial charge < -0.3 is 20.0 Å². The lowest BCUT2D eigenvalue weighted by Gasteiger charge is -2.17. The molecular formula is C18H20N6O. The van der Waals surface area contributed by atoms with E-state index in [4.69, 9.17) is 4.42 Å². The molecule has 0 saturated carbocycles. The number of hydrogen-bond donors (Lipinski definition) is 2. The van der Waals surface area contributed by atoms with Crippen LogP contribution in [-0.2, 0) is 6.54 Å². The third kappa shape index (κ3) is 3.88. The number of aromatic nitrogens is 3. The molecule has 1 aliphatic heterocycles. The summed E-state index contributed by atoms with van der Waals surface area (Å²) < 4.78 is 5.29. The van der Waals surface area contributed by atoms with Gasteiger partial charge in [-0.25, -0.2) is 0 Å². The van der Waals surface area contributed by atoms with Crippen molar-refractivity contribution in [1.82, 2.24) is 15.2 Å². The molecule has 1 fully saturated rings. The summed E-state index contributed by atoms with van der Waals surface area (Å²) in [6, 6.07) is 12.1. The molecule has 0 amide bonds. The second kappa shape index (κ2) is 7.21. The predicted molar refractivity (Wildman–Crippen MR) is 97.0 cm³/mol. The third-order valence-electron chi connectivity index (χ3n) is 4.18. The zero-order valence-corrected chi connectivity index (χ0v) is 13.9. The fourth-order valence-electron chi connectivity index (χ4n) is 2.89. The van der Waals surface area contributed by atoms with Gasteiger partial charge in [0.05, 0.1) is 19.0 Å². The van der Waals surface area contributed by atoms with Crippen molar-refractivity contribution >= 4 is 23.1 Å². The van der Waals surface area contributed by atoms with E-state index in [0.29, 0.717) is 18.3 Å². The van der Waals surface area contributed by atoms with Gasteiger partial charge in [-0.05, 0) is 49.2 Å². The fraction of sp³-hybridized carbons (Fsp3) is 0.278. The maximum Gasteiger partial charge on any atom is 0.249 e. The lowest BCUT2D eigenvalue weighted by molar-refractivity contribution is 0.517. The van der Waals surface area contributed by atoms with E-state index < -0.39 is 0 Å². The van der Waals surface area contributed by atoms with Crippen LogP contribution in [0.15, 0.2) is 53.3 Å². The van der Waals surface area contributed by atoms with Crippen molar-refractivity contribution < 1.29 is 4.42 Å². The van der Waals surface area contributed by atoms with Gasteiger partial charge in [0.15, 0.2) is 5.82 Å². The molecule has 0 spiro atoms. The van der Waals surface area contributed by atoms with Crippen molar-refractivity contribution in [3.05, 3.63) is 54.6 Å². The quantitative estimate of drug-likeness (QED) is 0.714. The van der Waals surface area contributed by atoms with Gasteiger partial charge in [-0.15, -0.1) is 5.10 Å². The molecule has 0 unspecified atom stereocenters. The summed E-state index contributed by atoms with van der Waals surface area (Å²) in [7, 11) is 0. The lowest BCUT2D eigenvalue weighted by atomic mass is 10.2. The summed E-state index contributed by atoms with van der Waals surface area (Å²) in [6.45, 7) is 2.84. The Bertz CT molecular complexity index is 797. The molecule has 25 heavy (non-hydrogen) atoms. The Morgan fingerprint density at radius 3 is 2.68 bits per heavy atom. The van der Waals surface area contributed by atoms with Crippen LogP contribution in [0.1, 0.15) is 18.6 Å². The highest BCUT2D eigenvalue weighted by atomic mass is 16.3. The molecular weight excluding hydrogens is 316 g/mol. The Balaban J connectivity index is 1.39. The number of benzene rings is 1. The average molecular weight is 336 g/mol. The third-order valence-corrected chi connectivity index (χ3v) is 4.18. The average Bonchev–Trinajstić information content (AvgIpc) is 3.35. The van der Waals surface area contributed by atoms with Crippen LogP contribution < -0.4 is 15.5 Å². The van der Waals surface area contributed by atoms with E-state index in [1.807, 2.05) is 24.3 Å². The van der Waals surface area contributed by atoms with Crippen LogP contribution in [0.2, 0.25) is 0 Å². The van der Waals surface area contributed by atoms with Gasteiger partial charge in [-0.3, -0.25) is 0 Å². The highest BCUT2D eigenvalue weighted by molar-refractivity contribution is 5.59. The van der Waals surface area contributed by atoms with Gasteiger partial charge in [0.1, 0.15) is 5.76 Å². The van der Waals surface area contributed by atoms with Crippen molar-refractivity contribution in [1.29, 1.82) is 0 Å². The molecule has 128 valence electrons. The van der Waals surface area contributed by atoms with Gasteiger partial charge in [0.2, 0.25) is 5.95 Å². The number of furan rings is 1. The first-order valence-corrected chi connectivity index (χ1v) is 8.45. The van der Waals surface area contributed by atoms with Gasteiger partial charge in [0.25, 0.3) is 0 Å². The zero-order chi connectivity index (χ0) is 16.9. The summed E-state index contributed by atoms with van der Waals surface area (Å²) in [5.41, 5.74) is 2.20. The maximum atomic E-state index is 5.29. The smallest absolute Gasteiger partial charge is 0.249 e. The predicted octanol–water partition coefficient (Wildman–Crippen LogP) is 3.42. The van der Waals surface area contributed by atoms with Crippen molar-refractivity contribution in [3.63, 3.8) is 0 Å². The summed E-state index contributed by atoms with van der Waals surface area (Å²) >= 11 is 0. The van der Waals surface area contributed by atoms with Crippen molar-refractivity contribution in [2.24, 2.45) is 0 Å². The summed E-state index contributed by atoms with van der Waals surface area (Å²) in [5.74, 6) is 1.94. The highest BCUT2D eigenvalue weighted by Gasteiger charge is 2.12. The molecule has 1 aromatic carbocycles. The molecule has 2 N–H and O–H groups in total. The van der Waals surface area contributed by atoms with E-state index in [1.54, 1.807) is 12.5 Å². The van der Waals surface area contributed by atoms with Gasteiger partial charge in [-0.1, -0.05) is 0 Å². The Morgan fingerprint density at radius 2 is 1.92 bits per heavy atom. The number of anilines is 4. The second-order valence-electron chi connectivity index (χ2n) is 5.96. The van der Waals surface area contributed by atoms with Crippen LogP contribution in [0.4, 0.5) is 23.1 Å². The first kappa shape index (κ1) is 15.4. The van der Waals surface area contributed by atoms with Crippen molar-refractivity contribution in [2.45, 2.75) is 19.4 Å². The zero-order valence-electron chi connectivity index (χ0n) is 13.9. The minimum Gasteiger partial charge on any atom is -0.467 e. The van der Waals surface area contributed by atoms with Crippen LogP contribution in [0.25, 0.3) is 0 Å². The van der Waals surface area contributed by atoms with Crippen LogP contribution >= 0.6 is 0 Å². The molecule has 0 radical (unpaired) electrons. The number of hydrogen-bond acceptors (Lipinski definition) is 7. The second-order valence-corrected chi connectivity index (χ2v) is 5.96. The minimum absolute atomic E-state index is 0.457. The lowest BCUT2D eigenvalue weighted by Crippen LogP contribution is -2.17. The molecule has 2 aromatic heterocycles. The Kier molecular flexibility index (Phi) is 4.45. The standard InChI is InChI=1S/C18H20N6O/c1-2-10-24(9-1)15-7-5-14(6-8-15)21-18-22-17(13-20-23-18)19-12-16-4-3-11-25-16/h3-8,11,13H,1-2,9-10,12H2,(H2,19,21,22,23). The van der Waals surface area contributed by atoms with E-state index in [0.717, 1.165) is 24.5 Å². The molecule has 3 aromatic rings. The molecule has 1 aliphatic rings. The number of nitrogens with zero attached hydrogens (tertiary/aromatic N) is 4. The SMILES string of the molecule is c1coc(CNc2cnnc(Nc3ccc(N4CCCC4)cc3)n2)c1. The van der Waals surface area contributed by atoms with Gasteiger partial charge in [-0.2, -0.15) is 10.1 Å². The maximum absolute atomic E-state index is 5.29. The molecule has 3 heterocycles. The van der Waals surface area contributed by atoms with E-state index in [1.165, 1.54) is 18.5 Å². The Morgan fingerprint density at radius 1 is 1.08 bits per heavy atom. The summed E-state index contributed by atoms with van der Waals surface area (Å²) in [5, 5.41) is 14.4. The number of rotatable bonds is 6. The fourth-order valence-corrected chi connectivity index (χ4v) is 2.89. The van der Waals surface area contributed by atoms with Crippen molar-refractivity contribution in [2.75, 3.05) is 28.6 Å². The van der Waals surface area contributed by atoms with Crippen LogP contribution in [-0.4, -0.2) is 28.3 Å². The molecule has 0 bridgehead atoms. The molecule has 1 saturated heterocycles. The normalized spacial score (nSPS) is 13.8. The van der Waals surface area contributed by atoms with E-state index >= 15 is 0 Å². The van der Waals surface area contributed by atoms with Crippen molar-refractivity contribution in [3.8, 4) is 0 Å². The topological polar surface area (TPSA) is 79.1 Å². The molecule has 0 aliphatic carbocycles. The van der Waals surface area contributed by atoms with Crippen LogP contribution in [0.5, 0.6) is 0 Å². The highest BCUT2D eigenvalue weighted by Crippen LogP contribution is 2.23. The Hall–Kier alpha value is -3.09. The molecule has 0 atom stereocenters. The molecule has 7 heteroatoms. The minimum atomic E-state index is 0.457. The van der Waals surface area contributed by atoms with E-state index in [9.17, 15) is 0 Å². The number of nitrogens with one attached hydrogen (secondary N) is 2. The summed E-state index contributed by atoms with van der Waals surface area (Å²) in [6.07, 6.45) is 5.78. The van der Waals surface area contributed by atoms with E-state index in [2.05, 4.69) is 42.8 Å². The summed E-state index contributed by atoms with van der Waals surface area (Å²) in [4.78, 5) is 6.82. The van der Waals surface area contributed by atoms with Crippen LogP contribution in [0, 0.1) is 0 Å². The largest absolute Gasteiger partial charge is 0.467 e. The monoisotopic (exact) mass is 336 g/mol.